The summed E-state index contributed by atoms with van der Waals surface area (Å²) < 4.78 is 2.04. The minimum atomic E-state index is 0.306. The van der Waals surface area contributed by atoms with E-state index in [0.29, 0.717) is 11.7 Å². The highest BCUT2D eigenvalue weighted by Crippen LogP contribution is 2.27. The summed E-state index contributed by atoms with van der Waals surface area (Å²) in [7, 11) is 0. The summed E-state index contributed by atoms with van der Waals surface area (Å²) in [5.74, 6) is 0.736. The van der Waals surface area contributed by atoms with Gasteiger partial charge < -0.3 is 5.32 Å². The van der Waals surface area contributed by atoms with E-state index in [1.807, 2.05) is 17.7 Å². The molecule has 0 atom stereocenters. The molecule has 116 valence electrons. The minimum absolute atomic E-state index is 0.306. The van der Waals surface area contributed by atoms with Crippen LogP contribution in [0.3, 0.4) is 0 Å². The average molecular weight is 307 g/mol. The third-order valence-corrected chi connectivity index (χ3v) is 3.84. The average Bonchev–Trinajstić information content (AvgIpc) is 3.10. The Morgan fingerprint density at radius 2 is 2.00 bits per heavy atom. The first-order valence-electron chi connectivity index (χ1n) is 7.54. The number of nitrogens with zero attached hydrogens (tertiary/aromatic N) is 5. The Balaban J connectivity index is 1.79. The molecular formula is C16H17N7. The fraction of sp³-hybridized carbons (Fsp3) is 0.250. The van der Waals surface area contributed by atoms with E-state index in [2.05, 4.69) is 56.6 Å². The summed E-state index contributed by atoms with van der Waals surface area (Å²) in [6, 6.07) is 6.52. The Labute approximate surface area is 132 Å². The first kappa shape index (κ1) is 13.7. The van der Waals surface area contributed by atoms with Crippen molar-refractivity contribution >= 4 is 33.6 Å². The molecule has 0 fully saturated rings. The van der Waals surface area contributed by atoms with Gasteiger partial charge in [-0.25, -0.2) is 9.97 Å². The van der Waals surface area contributed by atoms with Gasteiger partial charge in [-0.05, 0) is 39.0 Å². The van der Waals surface area contributed by atoms with Crippen LogP contribution in [0.2, 0.25) is 0 Å². The van der Waals surface area contributed by atoms with Crippen LogP contribution in [0.15, 0.2) is 30.6 Å². The molecule has 3 aromatic heterocycles. The van der Waals surface area contributed by atoms with Crippen molar-refractivity contribution in [3.63, 3.8) is 0 Å². The molecule has 7 heteroatoms. The van der Waals surface area contributed by atoms with Crippen LogP contribution in [0.5, 0.6) is 0 Å². The van der Waals surface area contributed by atoms with Gasteiger partial charge in [0.1, 0.15) is 0 Å². The Kier molecular flexibility index (Phi) is 3.00. The maximum absolute atomic E-state index is 4.62. The van der Waals surface area contributed by atoms with Crippen molar-refractivity contribution in [3.05, 3.63) is 36.3 Å². The summed E-state index contributed by atoms with van der Waals surface area (Å²) >= 11 is 0. The van der Waals surface area contributed by atoms with Crippen LogP contribution in [0.25, 0.3) is 22.1 Å². The highest BCUT2D eigenvalue weighted by atomic mass is 15.3. The van der Waals surface area contributed by atoms with Crippen molar-refractivity contribution in [2.45, 2.75) is 26.8 Å². The smallest absolute Gasteiger partial charge is 0.201 e. The molecular weight excluding hydrogens is 290 g/mol. The summed E-state index contributed by atoms with van der Waals surface area (Å²) in [6.45, 7) is 6.29. The van der Waals surface area contributed by atoms with Gasteiger partial charge in [0.25, 0.3) is 0 Å². The number of nitrogens with one attached hydrogen (secondary N) is 2. The van der Waals surface area contributed by atoms with Gasteiger partial charge in [-0.15, -0.1) is 0 Å². The summed E-state index contributed by atoms with van der Waals surface area (Å²) in [5, 5.41) is 16.2. The third kappa shape index (κ3) is 2.21. The fourth-order valence-corrected chi connectivity index (χ4v) is 2.75. The van der Waals surface area contributed by atoms with Gasteiger partial charge in [0, 0.05) is 29.5 Å². The van der Waals surface area contributed by atoms with Gasteiger partial charge in [-0.1, -0.05) is 0 Å². The van der Waals surface area contributed by atoms with E-state index in [4.69, 9.17) is 0 Å². The van der Waals surface area contributed by atoms with Crippen LogP contribution < -0.4 is 5.32 Å². The third-order valence-electron chi connectivity index (χ3n) is 3.84. The standard InChI is InChI=1S/C16H17N7/c1-9(2)23-13-8-11(4-5-12(13)10(3)22-23)19-16-14-15(20-21-16)18-7-6-17-14/h4-9H,1-3H3,(H2,18,19,20,21). The number of aromatic nitrogens is 6. The van der Waals surface area contributed by atoms with Crippen LogP contribution in [0.1, 0.15) is 25.6 Å². The molecule has 4 aromatic rings. The number of aryl methyl sites for hydroxylation is 1. The van der Waals surface area contributed by atoms with Crippen LogP contribution >= 0.6 is 0 Å². The Bertz CT molecular complexity index is 996. The molecule has 7 nitrogen and oxygen atoms in total. The van der Waals surface area contributed by atoms with Crippen molar-refractivity contribution in [3.8, 4) is 0 Å². The van der Waals surface area contributed by atoms with Crippen LogP contribution in [-0.2, 0) is 0 Å². The van der Waals surface area contributed by atoms with Gasteiger partial charge >= 0.3 is 0 Å². The molecule has 1 aromatic carbocycles. The maximum atomic E-state index is 4.62. The van der Waals surface area contributed by atoms with Crippen molar-refractivity contribution in [1.82, 2.24) is 29.9 Å². The molecule has 0 aliphatic rings. The molecule has 4 rings (SSSR count). The molecule has 0 unspecified atom stereocenters. The molecule has 0 amide bonds. The second-order valence-electron chi connectivity index (χ2n) is 5.81. The number of hydrogen-bond acceptors (Lipinski definition) is 5. The van der Waals surface area contributed by atoms with E-state index >= 15 is 0 Å². The highest BCUT2D eigenvalue weighted by Gasteiger charge is 2.12. The van der Waals surface area contributed by atoms with Crippen molar-refractivity contribution in [2.24, 2.45) is 0 Å². The predicted octanol–water partition coefficient (Wildman–Crippen LogP) is 3.34. The predicted molar refractivity (Wildman–Crippen MR) is 89.8 cm³/mol. The lowest BCUT2D eigenvalue weighted by molar-refractivity contribution is 0.547. The highest BCUT2D eigenvalue weighted by molar-refractivity contribution is 5.89. The number of rotatable bonds is 3. The summed E-state index contributed by atoms with van der Waals surface area (Å²) in [5.41, 5.74) is 4.42. The number of anilines is 2. The molecule has 0 bridgehead atoms. The minimum Gasteiger partial charge on any atom is -0.339 e. The number of hydrogen-bond donors (Lipinski definition) is 2. The zero-order valence-corrected chi connectivity index (χ0v) is 13.2. The second-order valence-corrected chi connectivity index (χ2v) is 5.81. The van der Waals surface area contributed by atoms with Crippen molar-refractivity contribution < 1.29 is 0 Å². The molecule has 0 saturated heterocycles. The molecule has 0 spiro atoms. The van der Waals surface area contributed by atoms with E-state index in [1.165, 1.54) is 5.39 Å². The topological polar surface area (TPSA) is 84.3 Å². The van der Waals surface area contributed by atoms with Gasteiger partial charge in [0.05, 0.1) is 11.2 Å². The lowest BCUT2D eigenvalue weighted by Gasteiger charge is -2.09. The van der Waals surface area contributed by atoms with Gasteiger partial charge in [0.2, 0.25) is 5.65 Å². The van der Waals surface area contributed by atoms with E-state index in [-0.39, 0.29) is 0 Å². The van der Waals surface area contributed by atoms with Crippen molar-refractivity contribution in [2.75, 3.05) is 5.32 Å². The summed E-state index contributed by atoms with van der Waals surface area (Å²) in [6.07, 6.45) is 3.28. The largest absolute Gasteiger partial charge is 0.339 e. The zero-order valence-electron chi connectivity index (χ0n) is 13.2. The van der Waals surface area contributed by atoms with Gasteiger partial charge in [-0.3, -0.25) is 9.78 Å². The molecule has 3 heterocycles. The first-order valence-corrected chi connectivity index (χ1v) is 7.54. The van der Waals surface area contributed by atoms with Gasteiger partial charge in [0.15, 0.2) is 11.3 Å². The van der Waals surface area contributed by atoms with Gasteiger partial charge in [-0.2, -0.15) is 10.2 Å². The van der Waals surface area contributed by atoms with Crippen LogP contribution in [0.4, 0.5) is 11.5 Å². The molecule has 0 aliphatic carbocycles. The first-order chi connectivity index (χ1) is 11.1. The van der Waals surface area contributed by atoms with E-state index in [9.17, 15) is 0 Å². The molecule has 0 saturated carbocycles. The van der Waals surface area contributed by atoms with Crippen molar-refractivity contribution in [1.29, 1.82) is 0 Å². The number of H-pyrrole nitrogens is 1. The molecule has 0 radical (unpaired) electrons. The Morgan fingerprint density at radius 3 is 2.83 bits per heavy atom. The Morgan fingerprint density at radius 1 is 1.17 bits per heavy atom. The molecule has 2 N–H and O–H groups in total. The van der Waals surface area contributed by atoms with E-state index < -0.39 is 0 Å². The van der Waals surface area contributed by atoms with Crippen LogP contribution in [0, 0.1) is 6.92 Å². The number of fused-ring (bicyclic) bond motifs is 2. The lowest BCUT2D eigenvalue weighted by Crippen LogP contribution is -2.02. The van der Waals surface area contributed by atoms with E-state index in [0.717, 1.165) is 28.2 Å². The molecule has 0 aliphatic heterocycles. The number of aromatic amines is 1. The monoisotopic (exact) mass is 307 g/mol. The maximum Gasteiger partial charge on any atom is 0.201 e. The molecule has 23 heavy (non-hydrogen) atoms. The number of benzene rings is 1. The lowest BCUT2D eigenvalue weighted by atomic mass is 10.2. The van der Waals surface area contributed by atoms with E-state index in [1.54, 1.807) is 12.4 Å². The zero-order chi connectivity index (χ0) is 16.0. The normalized spacial score (nSPS) is 11.7. The summed E-state index contributed by atoms with van der Waals surface area (Å²) in [4.78, 5) is 8.49. The quantitative estimate of drug-likeness (QED) is 0.606. The van der Waals surface area contributed by atoms with Crippen LogP contribution in [-0.4, -0.2) is 29.9 Å². The second kappa shape index (κ2) is 5.05. The fourth-order valence-electron chi connectivity index (χ4n) is 2.75. The SMILES string of the molecule is Cc1nn(C(C)C)c2cc(Nc3[nH]nc4nccnc34)ccc12. The Hall–Kier alpha value is -2.96.